The van der Waals surface area contributed by atoms with E-state index in [0.29, 0.717) is 23.5 Å². The molecular weight excluding hydrogens is 364 g/mol. The van der Waals surface area contributed by atoms with E-state index in [1.54, 1.807) is 31.5 Å². The molecule has 148 valence electrons. The molecule has 0 saturated heterocycles. The smallest absolute Gasteiger partial charge is 0.126 e. The van der Waals surface area contributed by atoms with Crippen molar-refractivity contribution in [3.05, 3.63) is 78.1 Å². The van der Waals surface area contributed by atoms with Gasteiger partial charge in [-0.25, -0.2) is 0 Å². The maximum atomic E-state index is 10.4. The third kappa shape index (κ3) is 5.34. The number of nitriles is 1. The molecule has 0 amide bonds. The SMILES string of the molecule is COc1ccc(C#N)cc1-c1ccc(OC(C)C(O)CCc2cccnc2)cc1. The van der Waals surface area contributed by atoms with Crippen molar-refractivity contribution < 1.29 is 14.6 Å². The molecule has 0 fully saturated rings. The van der Waals surface area contributed by atoms with Crippen LogP contribution in [-0.4, -0.2) is 29.4 Å². The summed E-state index contributed by atoms with van der Waals surface area (Å²) in [5, 5.41) is 19.6. The van der Waals surface area contributed by atoms with E-state index < -0.39 is 6.10 Å². The van der Waals surface area contributed by atoms with Crippen LogP contribution in [0.25, 0.3) is 11.1 Å². The van der Waals surface area contributed by atoms with Gasteiger partial charge in [0.1, 0.15) is 17.6 Å². The fraction of sp³-hybridized carbons (Fsp3) is 0.250. The zero-order valence-electron chi connectivity index (χ0n) is 16.6. The summed E-state index contributed by atoms with van der Waals surface area (Å²) in [7, 11) is 1.61. The van der Waals surface area contributed by atoms with E-state index in [4.69, 9.17) is 14.7 Å². The Labute approximate surface area is 171 Å². The van der Waals surface area contributed by atoms with Crippen LogP contribution in [0, 0.1) is 11.3 Å². The van der Waals surface area contributed by atoms with Crippen molar-refractivity contribution >= 4 is 0 Å². The van der Waals surface area contributed by atoms with Crippen molar-refractivity contribution in [3.63, 3.8) is 0 Å². The fourth-order valence-corrected chi connectivity index (χ4v) is 3.10. The Kier molecular flexibility index (Phi) is 6.83. The molecule has 0 saturated carbocycles. The average molecular weight is 388 g/mol. The van der Waals surface area contributed by atoms with E-state index in [-0.39, 0.29) is 6.10 Å². The first kappa shape index (κ1) is 20.4. The predicted molar refractivity (Wildman–Crippen MR) is 112 cm³/mol. The lowest BCUT2D eigenvalue weighted by Crippen LogP contribution is -2.29. The summed E-state index contributed by atoms with van der Waals surface area (Å²) in [5.41, 5.74) is 3.45. The third-order valence-corrected chi connectivity index (χ3v) is 4.81. The number of aliphatic hydroxyl groups is 1. The standard InChI is InChI=1S/C24H24N2O3/c1-17(23(27)11-5-18-4-3-13-26-16-18)29-21-9-7-20(8-10-21)22-14-19(15-25)6-12-24(22)28-2/h3-4,6-10,12-14,16-17,23,27H,5,11H2,1-2H3. The maximum Gasteiger partial charge on any atom is 0.126 e. The number of hydrogen-bond donors (Lipinski definition) is 1. The van der Waals surface area contributed by atoms with Crippen LogP contribution in [0.4, 0.5) is 0 Å². The Morgan fingerprint density at radius 3 is 2.59 bits per heavy atom. The fourth-order valence-electron chi connectivity index (χ4n) is 3.10. The van der Waals surface area contributed by atoms with E-state index in [1.807, 2.05) is 49.5 Å². The Morgan fingerprint density at radius 2 is 1.93 bits per heavy atom. The lowest BCUT2D eigenvalue weighted by atomic mass is 10.0. The van der Waals surface area contributed by atoms with Crippen LogP contribution < -0.4 is 9.47 Å². The van der Waals surface area contributed by atoms with Gasteiger partial charge < -0.3 is 14.6 Å². The van der Waals surface area contributed by atoms with Gasteiger partial charge in [0.15, 0.2) is 0 Å². The van der Waals surface area contributed by atoms with E-state index in [0.717, 1.165) is 23.1 Å². The summed E-state index contributed by atoms with van der Waals surface area (Å²) in [5.74, 6) is 1.38. The molecule has 0 radical (unpaired) electrons. The number of hydrogen-bond acceptors (Lipinski definition) is 5. The summed E-state index contributed by atoms with van der Waals surface area (Å²) in [6.07, 6.45) is 3.98. The molecule has 5 nitrogen and oxygen atoms in total. The molecule has 0 spiro atoms. The molecule has 5 heteroatoms. The minimum Gasteiger partial charge on any atom is -0.496 e. The topological polar surface area (TPSA) is 75.4 Å². The lowest BCUT2D eigenvalue weighted by molar-refractivity contribution is 0.0420. The van der Waals surface area contributed by atoms with E-state index in [2.05, 4.69) is 11.1 Å². The molecule has 0 aliphatic carbocycles. The van der Waals surface area contributed by atoms with Gasteiger partial charge in [0.2, 0.25) is 0 Å². The second-order valence-corrected chi connectivity index (χ2v) is 6.84. The highest BCUT2D eigenvalue weighted by atomic mass is 16.5. The van der Waals surface area contributed by atoms with Crippen molar-refractivity contribution in [2.45, 2.75) is 32.0 Å². The lowest BCUT2D eigenvalue weighted by Gasteiger charge is -2.21. The van der Waals surface area contributed by atoms with Gasteiger partial charge in [-0.2, -0.15) is 5.26 Å². The maximum absolute atomic E-state index is 10.4. The monoisotopic (exact) mass is 388 g/mol. The average Bonchev–Trinajstić information content (AvgIpc) is 2.78. The van der Waals surface area contributed by atoms with E-state index in [9.17, 15) is 5.11 Å². The molecule has 2 unspecified atom stereocenters. The highest BCUT2D eigenvalue weighted by molar-refractivity contribution is 5.72. The van der Waals surface area contributed by atoms with Gasteiger partial charge in [0, 0.05) is 18.0 Å². The molecule has 2 atom stereocenters. The highest BCUT2D eigenvalue weighted by Crippen LogP contribution is 2.32. The van der Waals surface area contributed by atoms with Crippen molar-refractivity contribution in [3.8, 4) is 28.7 Å². The Balaban J connectivity index is 1.64. The molecule has 1 N–H and O–H groups in total. The summed E-state index contributed by atoms with van der Waals surface area (Å²) in [6, 6.07) is 18.9. The van der Waals surface area contributed by atoms with Crippen LogP contribution in [0.1, 0.15) is 24.5 Å². The van der Waals surface area contributed by atoms with Crippen molar-refractivity contribution in [1.29, 1.82) is 5.26 Å². The van der Waals surface area contributed by atoms with Gasteiger partial charge in [-0.05, 0) is 67.3 Å². The number of methoxy groups -OCH3 is 1. The van der Waals surface area contributed by atoms with Crippen molar-refractivity contribution in [1.82, 2.24) is 4.98 Å². The first-order valence-electron chi connectivity index (χ1n) is 9.53. The van der Waals surface area contributed by atoms with Gasteiger partial charge in [0.25, 0.3) is 0 Å². The zero-order valence-corrected chi connectivity index (χ0v) is 16.6. The number of pyridine rings is 1. The molecular formula is C24H24N2O3. The molecule has 2 aromatic carbocycles. The second-order valence-electron chi connectivity index (χ2n) is 6.84. The number of aliphatic hydroxyl groups excluding tert-OH is 1. The number of nitrogens with zero attached hydrogens (tertiary/aromatic N) is 2. The van der Waals surface area contributed by atoms with Crippen molar-refractivity contribution in [2.75, 3.05) is 7.11 Å². The second kappa shape index (κ2) is 9.72. The quantitative estimate of drug-likeness (QED) is 0.619. The zero-order chi connectivity index (χ0) is 20.6. The molecule has 1 heterocycles. The molecule has 0 aliphatic rings. The van der Waals surface area contributed by atoms with Crippen LogP contribution in [0.15, 0.2) is 67.0 Å². The molecule has 1 aromatic heterocycles. The number of aryl methyl sites for hydroxylation is 1. The molecule has 0 aliphatic heterocycles. The third-order valence-electron chi connectivity index (χ3n) is 4.81. The number of rotatable bonds is 8. The Morgan fingerprint density at radius 1 is 1.14 bits per heavy atom. The van der Waals surface area contributed by atoms with Crippen LogP contribution in [0.3, 0.4) is 0 Å². The van der Waals surface area contributed by atoms with Crippen LogP contribution in [0.5, 0.6) is 11.5 Å². The van der Waals surface area contributed by atoms with Gasteiger partial charge in [-0.15, -0.1) is 0 Å². The van der Waals surface area contributed by atoms with E-state index in [1.165, 1.54) is 0 Å². The largest absolute Gasteiger partial charge is 0.496 e. The predicted octanol–water partition coefficient (Wildman–Crippen LogP) is 4.39. The van der Waals surface area contributed by atoms with Gasteiger partial charge in [-0.3, -0.25) is 4.98 Å². The first-order chi connectivity index (χ1) is 14.1. The first-order valence-corrected chi connectivity index (χ1v) is 9.53. The molecule has 0 bridgehead atoms. The Bertz CT molecular complexity index is 966. The minimum absolute atomic E-state index is 0.339. The number of ether oxygens (including phenoxy) is 2. The number of benzene rings is 2. The highest BCUT2D eigenvalue weighted by Gasteiger charge is 2.16. The molecule has 3 aromatic rings. The van der Waals surface area contributed by atoms with E-state index >= 15 is 0 Å². The van der Waals surface area contributed by atoms with Crippen LogP contribution in [-0.2, 0) is 6.42 Å². The van der Waals surface area contributed by atoms with Gasteiger partial charge in [-0.1, -0.05) is 18.2 Å². The summed E-state index contributed by atoms with van der Waals surface area (Å²) in [4.78, 5) is 4.09. The van der Waals surface area contributed by atoms with Crippen molar-refractivity contribution in [2.24, 2.45) is 0 Å². The van der Waals surface area contributed by atoms with Crippen LogP contribution >= 0.6 is 0 Å². The normalized spacial score (nSPS) is 12.6. The minimum atomic E-state index is -0.581. The van der Waals surface area contributed by atoms with Gasteiger partial charge in [0.05, 0.1) is 24.8 Å². The molecule has 29 heavy (non-hydrogen) atoms. The van der Waals surface area contributed by atoms with Crippen LogP contribution in [0.2, 0.25) is 0 Å². The summed E-state index contributed by atoms with van der Waals surface area (Å²) >= 11 is 0. The molecule has 3 rings (SSSR count). The Hall–Kier alpha value is -3.36. The summed E-state index contributed by atoms with van der Waals surface area (Å²) < 4.78 is 11.3. The number of aromatic nitrogens is 1. The summed E-state index contributed by atoms with van der Waals surface area (Å²) in [6.45, 7) is 1.86. The van der Waals surface area contributed by atoms with Gasteiger partial charge >= 0.3 is 0 Å².